The van der Waals surface area contributed by atoms with Crippen LogP contribution >= 0.6 is 0 Å². The second-order valence-electron chi connectivity index (χ2n) is 3.95. The maximum Gasteiger partial charge on any atom is 0.416 e. The van der Waals surface area contributed by atoms with Gasteiger partial charge >= 0.3 is 6.18 Å². The van der Waals surface area contributed by atoms with Gasteiger partial charge in [0.25, 0.3) is 0 Å². The van der Waals surface area contributed by atoms with E-state index in [1.165, 1.54) is 12.1 Å². The molecule has 21 heavy (non-hydrogen) atoms. The Hall–Kier alpha value is -2.78. The van der Waals surface area contributed by atoms with Crippen LogP contribution in [0.4, 0.5) is 19.0 Å². The largest absolute Gasteiger partial charge is 0.416 e. The van der Waals surface area contributed by atoms with Gasteiger partial charge in [0.05, 0.1) is 5.56 Å². The van der Waals surface area contributed by atoms with Crippen LogP contribution in [-0.2, 0) is 17.6 Å². The van der Waals surface area contributed by atoms with Crippen LogP contribution in [0.1, 0.15) is 16.8 Å². The SMILES string of the molecule is N/C(=N\OCc1cccc(C(F)(F)F)c1)c1nonc1N. The molecule has 0 radical (unpaired) electrons. The van der Waals surface area contributed by atoms with E-state index in [0.29, 0.717) is 0 Å². The Morgan fingerprint density at radius 2 is 2.10 bits per heavy atom. The van der Waals surface area contributed by atoms with E-state index in [4.69, 9.17) is 16.3 Å². The van der Waals surface area contributed by atoms with E-state index in [1.54, 1.807) is 0 Å². The molecule has 0 spiro atoms. The topological polar surface area (TPSA) is 113 Å². The average Bonchev–Trinajstić information content (AvgIpc) is 2.84. The Balaban J connectivity index is 2.02. The molecule has 0 atom stereocenters. The van der Waals surface area contributed by atoms with Crippen molar-refractivity contribution in [1.29, 1.82) is 0 Å². The molecule has 1 heterocycles. The van der Waals surface area contributed by atoms with Gasteiger partial charge in [-0.15, -0.1) is 0 Å². The summed E-state index contributed by atoms with van der Waals surface area (Å²) < 4.78 is 41.9. The molecule has 0 fully saturated rings. The maximum absolute atomic E-state index is 12.5. The molecule has 0 aliphatic heterocycles. The zero-order chi connectivity index (χ0) is 15.5. The minimum atomic E-state index is -4.42. The number of hydrogen-bond donors (Lipinski definition) is 2. The van der Waals surface area contributed by atoms with E-state index in [9.17, 15) is 13.2 Å². The highest BCUT2D eigenvalue weighted by molar-refractivity contribution is 5.98. The number of amidine groups is 1. The highest BCUT2D eigenvalue weighted by atomic mass is 19.4. The summed E-state index contributed by atoms with van der Waals surface area (Å²) >= 11 is 0. The number of nitrogens with zero attached hydrogens (tertiary/aromatic N) is 3. The standard InChI is InChI=1S/C11H10F3N5O2/c12-11(13,14)7-3-1-2-6(4-7)5-20-18-9(15)8-10(16)19-21-17-8/h1-4H,5H2,(H2,15,18)(H2,16,19). The quantitative estimate of drug-likeness (QED) is 0.503. The van der Waals surface area contributed by atoms with Crippen molar-refractivity contribution in [2.75, 3.05) is 5.73 Å². The molecule has 1 aromatic carbocycles. The minimum absolute atomic E-state index is 0.000887. The van der Waals surface area contributed by atoms with Gasteiger partial charge in [0.2, 0.25) is 0 Å². The number of anilines is 1. The molecule has 1 aromatic heterocycles. The van der Waals surface area contributed by atoms with Gasteiger partial charge in [0, 0.05) is 0 Å². The van der Waals surface area contributed by atoms with Crippen LogP contribution in [0.2, 0.25) is 0 Å². The third-order valence-corrected chi connectivity index (χ3v) is 2.40. The monoisotopic (exact) mass is 301 g/mol. The minimum Gasteiger partial charge on any atom is -0.389 e. The van der Waals surface area contributed by atoms with Crippen LogP contribution in [0, 0.1) is 0 Å². The average molecular weight is 301 g/mol. The number of benzene rings is 1. The smallest absolute Gasteiger partial charge is 0.389 e. The molecular formula is C11H10F3N5O2. The summed E-state index contributed by atoms with van der Waals surface area (Å²) in [5.41, 5.74) is 10.4. The van der Waals surface area contributed by atoms with Gasteiger partial charge in [-0.3, -0.25) is 0 Å². The van der Waals surface area contributed by atoms with Crippen LogP contribution in [0.5, 0.6) is 0 Å². The third kappa shape index (κ3) is 3.61. The highest BCUT2D eigenvalue weighted by Gasteiger charge is 2.30. The van der Waals surface area contributed by atoms with Crippen LogP contribution < -0.4 is 11.5 Å². The summed E-state index contributed by atoms with van der Waals surface area (Å²) in [7, 11) is 0. The zero-order valence-corrected chi connectivity index (χ0v) is 10.5. The fraction of sp³-hybridized carbons (Fsp3) is 0.182. The Kier molecular flexibility index (Phi) is 3.96. The number of aromatic nitrogens is 2. The van der Waals surface area contributed by atoms with Gasteiger partial charge in [0.1, 0.15) is 6.61 Å². The van der Waals surface area contributed by atoms with Crippen LogP contribution in [0.25, 0.3) is 0 Å². The van der Waals surface area contributed by atoms with E-state index in [0.717, 1.165) is 12.1 Å². The Labute approximate surface area is 116 Å². The molecule has 7 nitrogen and oxygen atoms in total. The lowest BCUT2D eigenvalue weighted by Gasteiger charge is -2.08. The Morgan fingerprint density at radius 3 is 2.71 bits per heavy atom. The molecular weight excluding hydrogens is 291 g/mol. The molecule has 0 bridgehead atoms. The van der Waals surface area contributed by atoms with Crippen molar-refractivity contribution in [2.24, 2.45) is 10.9 Å². The zero-order valence-electron chi connectivity index (χ0n) is 10.5. The van der Waals surface area contributed by atoms with E-state index in [-0.39, 0.29) is 29.5 Å². The van der Waals surface area contributed by atoms with Crippen molar-refractivity contribution in [3.8, 4) is 0 Å². The van der Waals surface area contributed by atoms with Gasteiger partial charge in [-0.25, -0.2) is 4.63 Å². The van der Waals surface area contributed by atoms with Gasteiger partial charge in [-0.2, -0.15) is 13.2 Å². The second-order valence-corrected chi connectivity index (χ2v) is 3.95. The number of oxime groups is 1. The van der Waals surface area contributed by atoms with E-state index in [2.05, 4.69) is 20.1 Å². The van der Waals surface area contributed by atoms with Gasteiger partial charge < -0.3 is 16.3 Å². The molecule has 4 N–H and O–H groups in total. The van der Waals surface area contributed by atoms with Crippen molar-refractivity contribution in [2.45, 2.75) is 12.8 Å². The van der Waals surface area contributed by atoms with Crippen LogP contribution in [0.15, 0.2) is 34.1 Å². The number of hydrogen-bond acceptors (Lipinski definition) is 6. The molecule has 2 rings (SSSR count). The molecule has 0 saturated heterocycles. The summed E-state index contributed by atoms with van der Waals surface area (Å²) in [6, 6.07) is 4.65. The third-order valence-electron chi connectivity index (χ3n) is 2.40. The number of alkyl halides is 3. The lowest BCUT2D eigenvalue weighted by Crippen LogP contribution is -2.16. The maximum atomic E-state index is 12.5. The lowest BCUT2D eigenvalue weighted by molar-refractivity contribution is -0.137. The first-order chi connectivity index (χ1) is 9.88. The van der Waals surface area contributed by atoms with E-state index < -0.39 is 11.7 Å². The first kappa shape index (κ1) is 14.6. The van der Waals surface area contributed by atoms with Crippen LogP contribution in [-0.4, -0.2) is 16.1 Å². The molecule has 0 aliphatic rings. The Bertz CT molecular complexity index is 653. The summed E-state index contributed by atoms with van der Waals surface area (Å²) in [5, 5.41) is 10.2. The number of halogens is 3. The van der Waals surface area contributed by atoms with Crippen molar-refractivity contribution in [1.82, 2.24) is 10.3 Å². The number of rotatable bonds is 4. The molecule has 0 aliphatic carbocycles. The fourth-order valence-corrected chi connectivity index (χ4v) is 1.43. The van der Waals surface area contributed by atoms with E-state index in [1.807, 2.05) is 0 Å². The summed E-state index contributed by atoms with van der Waals surface area (Å²) in [6.45, 7) is -0.199. The molecule has 10 heteroatoms. The molecule has 0 amide bonds. The van der Waals surface area contributed by atoms with Gasteiger partial charge in [-0.1, -0.05) is 17.3 Å². The summed E-state index contributed by atoms with van der Waals surface area (Å²) in [4.78, 5) is 4.86. The molecule has 0 unspecified atom stereocenters. The van der Waals surface area contributed by atoms with Gasteiger partial charge in [0.15, 0.2) is 17.3 Å². The highest BCUT2D eigenvalue weighted by Crippen LogP contribution is 2.29. The Morgan fingerprint density at radius 1 is 1.33 bits per heavy atom. The summed E-state index contributed by atoms with van der Waals surface area (Å²) in [5.74, 6) is -0.264. The second kappa shape index (κ2) is 5.69. The van der Waals surface area contributed by atoms with E-state index >= 15 is 0 Å². The van der Waals surface area contributed by atoms with Crippen molar-refractivity contribution in [3.63, 3.8) is 0 Å². The summed E-state index contributed by atoms with van der Waals surface area (Å²) in [6.07, 6.45) is -4.42. The van der Waals surface area contributed by atoms with Crippen molar-refractivity contribution < 1.29 is 22.6 Å². The molecule has 0 saturated carbocycles. The first-order valence-corrected chi connectivity index (χ1v) is 5.58. The van der Waals surface area contributed by atoms with Crippen molar-refractivity contribution >= 4 is 11.7 Å². The number of nitrogens with two attached hydrogens (primary N) is 2. The normalized spacial score (nSPS) is 12.4. The van der Waals surface area contributed by atoms with Crippen LogP contribution in [0.3, 0.4) is 0 Å². The first-order valence-electron chi connectivity index (χ1n) is 5.58. The lowest BCUT2D eigenvalue weighted by atomic mass is 10.1. The van der Waals surface area contributed by atoms with Crippen molar-refractivity contribution in [3.05, 3.63) is 41.1 Å². The molecule has 112 valence electrons. The molecule has 2 aromatic rings. The number of nitrogen functional groups attached to an aromatic ring is 1. The predicted octanol–water partition coefficient (Wildman–Crippen LogP) is 1.51. The fourth-order valence-electron chi connectivity index (χ4n) is 1.43. The van der Waals surface area contributed by atoms with Gasteiger partial charge in [-0.05, 0) is 28.0 Å². The predicted molar refractivity (Wildman–Crippen MR) is 65.7 cm³/mol.